The third kappa shape index (κ3) is 4.11. The lowest BCUT2D eigenvalue weighted by molar-refractivity contribution is 0.545. The lowest BCUT2D eigenvalue weighted by Gasteiger charge is -2.18. The predicted molar refractivity (Wildman–Crippen MR) is 78.5 cm³/mol. The second-order valence-electron chi connectivity index (χ2n) is 4.38. The van der Waals surface area contributed by atoms with Crippen LogP contribution in [0.5, 0.6) is 0 Å². The van der Waals surface area contributed by atoms with Crippen LogP contribution < -0.4 is 5.32 Å². The predicted octanol–water partition coefficient (Wildman–Crippen LogP) is 3.88. The van der Waals surface area contributed by atoms with E-state index in [9.17, 15) is 4.39 Å². The standard InChI is InChI=1S/C15H16BrFN2/c1-2-19-15(12-8-13(16)10-18-9-12)7-11-4-3-5-14(17)6-11/h3-6,8-10,15,19H,2,7H2,1H3. The molecule has 1 N–H and O–H groups in total. The molecule has 0 spiro atoms. The molecule has 0 bridgehead atoms. The number of nitrogens with one attached hydrogen (secondary N) is 1. The van der Waals surface area contributed by atoms with Gasteiger partial charge >= 0.3 is 0 Å². The Bertz CT molecular complexity index is 545. The first-order valence-corrected chi connectivity index (χ1v) is 7.06. The molecular formula is C15H16BrFN2. The van der Waals surface area contributed by atoms with E-state index in [1.807, 2.05) is 18.3 Å². The Balaban J connectivity index is 2.21. The average molecular weight is 323 g/mol. The highest BCUT2D eigenvalue weighted by molar-refractivity contribution is 9.10. The minimum absolute atomic E-state index is 0.136. The van der Waals surface area contributed by atoms with Gasteiger partial charge in [-0.3, -0.25) is 4.98 Å². The molecule has 0 saturated carbocycles. The van der Waals surface area contributed by atoms with Crippen LogP contribution in [0.25, 0.3) is 0 Å². The molecular weight excluding hydrogens is 307 g/mol. The van der Waals surface area contributed by atoms with Crippen molar-refractivity contribution in [3.63, 3.8) is 0 Å². The number of rotatable bonds is 5. The van der Waals surface area contributed by atoms with Crippen LogP contribution in [0, 0.1) is 5.82 Å². The summed E-state index contributed by atoms with van der Waals surface area (Å²) in [5, 5.41) is 3.41. The second-order valence-corrected chi connectivity index (χ2v) is 5.30. The summed E-state index contributed by atoms with van der Waals surface area (Å²) >= 11 is 3.43. The van der Waals surface area contributed by atoms with E-state index in [0.29, 0.717) is 0 Å². The van der Waals surface area contributed by atoms with Gasteiger partial charge in [-0.05, 0) is 58.2 Å². The van der Waals surface area contributed by atoms with Crippen LogP contribution in [0.1, 0.15) is 24.1 Å². The number of aromatic nitrogens is 1. The van der Waals surface area contributed by atoms with E-state index in [4.69, 9.17) is 0 Å². The van der Waals surface area contributed by atoms with Crippen molar-refractivity contribution in [2.75, 3.05) is 6.54 Å². The Morgan fingerprint density at radius 3 is 2.84 bits per heavy atom. The van der Waals surface area contributed by atoms with Crippen LogP contribution in [0.3, 0.4) is 0 Å². The second kappa shape index (κ2) is 6.78. The third-order valence-corrected chi connectivity index (χ3v) is 3.34. The molecule has 1 aromatic carbocycles. The molecule has 100 valence electrons. The van der Waals surface area contributed by atoms with Gasteiger partial charge in [-0.25, -0.2) is 4.39 Å². The molecule has 4 heteroatoms. The minimum atomic E-state index is -0.194. The first kappa shape index (κ1) is 14.2. The number of likely N-dealkylation sites (N-methyl/N-ethyl adjacent to an activating group) is 1. The van der Waals surface area contributed by atoms with Gasteiger partial charge < -0.3 is 5.32 Å². The first-order chi connectivity index (χ1) is 9.19. The van der Waals surface area contributed by atoms with Crippen molar-refractivity contribution in [2.45, 2.75) is 19.4 Å². The summed E-state index contributed by atoms with van der Waals surface area (Å²) in [4.78, 5) is 4.19. The Morgan fingerprint density at radius 1 is 1.32 bits per heavy atom. The highest BCUT2D eigenvalue weighted by atomic mass is 79.9. The molecule has 2 rings (SSSR count). The average Bonchev–Trinajstić information content (AvgIpc) is 2.38. The van der Waals surface area contributed by atoms with Gasteiger partial charge in [0.1, 0.15) is 5.82 Å². The number of halogens is 2. The highest BCUT2D eigenvalue weighted by Crippen LogP contribution is 2.21. The van der Waals surface area contributed by atoms with Crippen LogP contribution in [-0.4, -0.2) is 11.5 Å². The third-order valence-electron chi connectivity index (χ3n) is 2.91. The molecule has 1 atom stereocenters. The summed E-state index contributed by atoms with van der Waals surface area (Å²) in [6.45, 7) is 2.91. The summed E-state index contributed by atoms with van der Waals surface area (Å²) < 4.78 is 14.2. The zero-order chi connectivity index (χ0) is 13.7. The van der Waals surface area contributed by atoms with Gasteiger partial charge in [0.25, 0.3) is 0 Å². The van der Waals surface area contributed by atoms with Gasteiger partial charge in [0, 0.05) is 22.9 Å². The van der Waals surface area contributed by atoms with Gasteiger partial charge in [-0.1, -0.05) is 19.1 Å². The Kier molecular flexibility index (Phi) is 5.05. The number of nitrogens with zero attached hydrogens (tertiary/aromatic N) is 1. The number of pyridine rings is 1. The molecule has 0 aliphatic heterocycles. The molecule has 0 amide bonds. The fourth-order valence-electron chi connectivity index (χ4n) is 2.07. The van der Waals surface area contributed by atoms with E-state index in [1.54, 1.807) is 18.3 Å². The number of hydrogen-bond acceptors (Lipinski definition) is 2. The van der Waals surface area contributed by atoms with E-state index in [-0.39, 0.29) is 11.9 Å². The molecule has 0 radical (unpaired) electrons. The van der Waals surface area contributed by atoms with E-state index < -0.39 is 0 Å². The smallest absolute Gasteiger partial charge is 0.123 e. The molecule has 0 fully saturated rings. The van der Waals surface area contributed by atoms with Gasteiger partial charge in [-0.15, -0.1) is 0 Å². The summed E-state index contributed by atoms with van der Waals surface area (Å²) in [5.74, 6) is -0.194. The summed E-state index contributed by atoms with van der Waals surface area (Å²) in [6, 6.07) is 8.91. The number of hydrogen-bond donors (Lipinski definition) is 1. The van der Waals surface area contributed by atoms with Crippen LogP contribution >= 0.6 is 15.9 Å². The fraction of sp³-hybridized carbons (Fsp3) is 0.267. The van der Waals surface area contributed by atoms with Crippen molar-refractivity contribution in [3.05, 3.63) is 64.1 Å². The van der Waals surface area contributed by atoms with Crippen molar-refractivity contribution in [1.82, 2.24) is 10.3 Å². The van der Waals surface area contributed by atoms with Gasteiger partial charge in [0.05, 0.1) is 0 Å². The Hall–Kier alpha value is -1.26. The zero-order valence-corrected chi connectivity index (χ0v) is 12.3. The maximum absolute atomic E-state index is 13.2. The summed E-state index contributed by atoms with van der Waals surface area (Å²) in [6.07, 6.45) is 4.34. The Morgan fingerprint density at radius 2 is 2.16 bits per heavy atom. The Labute approximate surface area is 121 Å². The number of benzene rings is 1. The molecule has 0 aliphatic carbocycles. The zero-order valence-electron chi connectivity index (χ0n) is 10.7. The molecule has 1 aromatic heterocycles. The molecule has 1 unspecified atom stereocenters. The monoisotopic (exact) mass is 322 g/mol. The maximum atomic E-state index is 13.2. The molecule has 0 saturated heterocycles. The van der Waals surface area contributed by atoms with E-state index in [0.717, 1.165) is 28.6 Å². The minimum Gasteiger partial charge on any atom is -0.310 e. The SMILES string of the molecule is CCNC(Cc1cccc(F)c1)c1cncc(Br)c1. The normalized spacial score (nSPS) is 12.4. The highest BCUT2D eigenvalue weighted by Gasteiger charge is 2.12. The van der Waals surface area contributed by atoms with Crippen molar-refractivity contribution in [3.8, 4) is 0 Å². The lowest BCUT2D eigenvalue weighted by Crippen LogP contribution is -2.23. The van der Waals surface area contributed by atoms with Crippen LogP contribution in [0.15, 0.2) is 47.2 Å². The molecule has 0 aliphatic rings. The summed E-state index contributed by atoms with van der Waals surface area (Å²) in [7, 11) is 0. The van der Waals surface area contributed by atoms with Gasteiger partial charge in [0.2, 0.25) is 0 Å². The van der Waals surface area contributed by atoms with Crippen molar-refractivity contribution in [1.29, 1.82) is 0 Å². The van der Waals surface area contributed by atoms with Crippen molar-refractivity contribution < 1.29 is 4.39 Å². The van der Waals surface area contributed by atoms with Crippen molar-refractivity contribution in [2.24, 2.45) is 0 Å². The molecule has 2 nitrogen and oxygen atoms in total. The van der Waals surface area contributed by atoms with E-state index in [1.165, 1.54) is 6.07 Å². The summed E-state index contributed by atoms with van der Waals surface area (Å²) in [5.41, 5.74) is 2.08. The lowest BCUT2D eigenvalue weighted by atomic mass is 10.00. The largest absolute Gasteiger partial charge is 0.310 e. The van der Waals surface area contributed by atoms with Crippen LogP contribution in [-0.2, 0) is 6.42 Å². The van der Waals surface area contributed by atoms with Gasteiger partial charge in [0.15, 0.2) is 0 Å². The topological polar surface area (TPSA) is 24.9 Å². The van der Waals surface area contributed by atoms with Gasteiger partial charge in [-0.2, -0.15) is 0 Å². The molecule has 19 heavy (non-hydrogen) atoms. The van der Waals surface area contributed by atoms with Crippen LogP contribution in [0.4, 0.5) is 4.39 Å². The quantitative estimate of drug-likeness (QED) is 0.903. The van der Waals surface area contributed by atoms with E-state index in [2.05, 4.69) is 33.2 Å². The van der Waals surface area contributed by atoms with E-state index >= 15 is 0 Å². The maximum Gasteiger partial charge on any atom is 0.123 e. The molecule has 1 heterocycles. The fourth-order valence-corrected chi connectivity index (χ4v) is 2.46. The molecule has 2 aromatic rings. The van der Waals surface area contributed by atoms with Crippen molar-refractivity contribution >= 4 is 15.9 Å². The van der Waals surface area contributed by atoms with Crippen LogP contribution in [0.2, 0.25) is 0 Å². The first-order valence-electron chi connectivity index (χ1n) is 6.27.